The molecule has 7 nitrogen and oxygen atoms in total. The van der Waals surface area contributed by atoms with Gasteiger partial charge in [0.2, 0.25) is 0 Å². The van der Waals surface area contributed by atoms with E-state index in [4.69, 9.17) is 16.3 Å². The van der Waals surface area contributed by atoms with Crippen LogP contribution in [0.4, 0.5) is 10.2 Å². The van der Waals surface area contributed by atoms with Crippen LogP contribution >= 0.6 is 11.6 Å². The molecule has 1 atom stereocenters. The van der Waals surface area contributed by atoms with Gasteiger partial charge in [-0.2, -0.15) is 9.97 Å². The van der Waals surface area contributed by atoms with E-state index in [0.29, 0.717) is 30.0 Å². The van der Waals surface area contributed by atoms with Crippen LogP contribution in [0.2, 0.25) is 5.15 Å². The van der Waals surface area contributed by atoms with E-state index in [0.717, 1.165) is 25.7 Å². The second-order valence-corrected chi connectivity index (χ2v) is 7.90. The fraction of sp³-hybridized carbons (Fsp3) is 0.611. The Balaban J connectivity index is 1.79. The molecule has 146 valence electrons. The van der Waals surface area contributed by atoms with Crippen molar-refractivity contribution in [2.75, 3.05) is 31.2 Å². The first-order chi connectivity index (χ1) is 12.9. The first-order valence-corrected chi connectivity index (χ1v) is 9.50. The molecule has 0 radical (unpaired) electrons. The van der Waals surface area contributed by atoms with Crippen LogP contribution in [0.1, 0.15) is 31.4 Å². The standard InChI is InChI=1S/C18H22ClFN4O3/c1-10-12-14(13(20)15(19)21-10)22-17(27-9-18(8-25)4-5-18)23-16(12)24-6-2-3-11(26)7-24/h11,25-26H,2-9H2,1H3/t11-/m1/s1. The predicted octanol–water partition coefficient (Wildman–Crippen LogP) is 2.24. The largest absolute Gasteiger partial charge is 0.463 e. The average Bonchev–Trinajstić information content (AvgIpc) is 3.44. The Morgan fingerprint density at radius 3 is 2.78 bits per heavy atom. The van der Waals surface area contributed by atoms with Crippen LogP contribution < -0.4 is 9.64 Å². The Labute approximate surface area is 161 Å². The second-order valence-electron chi connectivity index (χ2n) is 7.54. The van der Waals surface area contributed by atoms with Crippen LogP contribution in [0.15, 0.2) is 0 Å². The summed E-state index contributed by atoms with van der Waals surface area (Å²) in [6, 6.07) is 0.0397. The Hall–Kier alpha value is -1.77. The summed E-state index contributed by atoms with van der Waals surface area (Å²) in [5.74, 6) is -0.227. The zero-order valence-corrected chi connectivity index (χ0v) is 15.8. The summed E-state index contributed by atoms with van der Waals surface area (Å²) >= 11 is 5.91. The minimum Gasteiger partial charge on any atom is -0.463 e. The number of halogens is 2. The summed E-state index contributed by atoms with van der Waals surface area (Å²) in [5.41, 5.74) is 0.331. The molecule has 2 aliphatic rings. The third kappa shape index (κ3) is 3.53. The van der Waals surface area contributed by atoms with Gasteiger partial charge in [-0.1, -0.05) is 11.6 Å². The normalized spacial score (nSPS) is 21.5. The molecule has 2 N–H and O–H groups in total. The number of fused-ring (bicyclic) bond motifs is 1. The third-order valence-corrected chi connectivity index (χ3v) is 5.63. The molecular formula is C18H22ClFN4O3. The lowest BCUT2D eigenvalue weighted by Gasteiger charge is -2.32. The van der Waals surface area contributed by atoms with Gasteiger partial charge in [0, 0.05) is 18.5 Å². The van der Waals surface area contributed by atoms with Gasteiger partial charge in [0.05, 0.1) is 30.4 Å². The summed E-state index contributed by atoms with van der Waals surface area (Å²) in [6.07, 6.45) is 2.82. The van der Waals surface area contributed by atoms with Gasteiger partial charge in [-0.25, -0.2) is 9.37 Å². The molecular weight excluding hydrogens is 375 g/mol. The molecule has 1 saturated carbocycles. The van der Waals surface area contributed by atoms with Crippen LogP contribution in [-0.4, -0.2) is 57.6 Å². The van der Waals surface area contributed by atoms with Gasteiger partial charge in [-0.3, -0.25) is 0 Å². The quantitative estimate of drug-likeness (QED) is 0.749. The molecule has 2 aromatic heterocycles. The van der Waals surface area contributed by atoms with Crippen molar-refractivity contribution < 1.29 is 19.3 Å². The highest BCUT2D eigenvalue weighted by Crippen LogP contribution is 2.45. The third-order valence-electron chi connectivity index (χ3n) is 5.38. The molecule has 0 bridgehead atoms. The van der Waals surface area contributed by atoms with Gasteiger partial charge >= 0.3 is 6.01 Å². The van der Waals surface area contributed by atoms with E-state index >= 15 is 0 Å². The van der Waals surface area contributed by atoms with E-state index in [9.17, 15) is 14.6 Å². The number of hydrogen-bond donors (Lipinski definition) is 2. The number of aryl methyl sites for hydroxylation is 1. The topological polar surface area (TPSA) is 91.6 Å². The van der Waals surface area contributed by atoms with E-state index in [1.54, 1.807) is 6.92 Å². The van der Waals surface area contributed by atoms with Crippen molar-refractivity contribution in [3.8, 4) is 6.01 Å². The summed E-state index contributed by atoms with van der Waals surface area (Å²) < 4.78 is 20.4. The first kappa shape index (κ1) is 18.6. The number of ether oxygens (including phenoxy) is 1. The summed E-state index contributed by atoms with van der Waals surface area (Å²) in [7, 11) is 0. The van der Waals surface area contributed by atoms with Crippen LogP contribution in [0.5, 0.6) is 6.01 Å². The number of rotatable bonds is 5. The van der Waals surface area contributed by atoms with Crippen molar-refractivity contribution in [3.05, 3.63) is 16.7 Å². The maximum atomic E-state index is 14.7. The fourth-order valence-corrected chi connectivity index (χ4v) is 3.67. The highest BCUT2D eigenvalue weighted by atomic mass is 35.5. The van der Waals surface area contributed by atoms with E-state index < -0.39 is 11.9 Å². The van der Waals surface area contributed by atoms with Crippen LogP contribution in [0.3, 0.4) is 0 Å². The number of piperidine rings is 1. The minimum atomic E-state index is -0.716. The van der Waals surface area contributed by atoms with Crippen molar-refractivity contribution in [2.24, 2.45) is 5.41 Å². The molecule has 0 spiro atoms. The van der Waals surface area contributed by atoms with Crippen LogP contribution in [-0.2, 0) is 0 Å². The average molecular weight is 397 g/mol. The number of hydrogen-bond acceptors (Lipinski definition) is 7. The van der Waals surface area contributed by atoms with Crippen LogP contribution in [0, 0.1) is 18.2 Å². The molecule has 1 saturated heterocycles. The minimum absolute atomic E-state index is 0.0367. The molecule has 0 unspecified atom stereocenters. The van der Waals surface area contributed by atoms with Crippen molar-refractivity contribution in [3.63, 3.8) is 0 Å². The molecule has 0 aromatic carbocycles. The Bertz CT molecular complexity index is 878. The molecule has 27 heavy (non-hydrogen) atoms. The van der Waals surface area contributed by atoms with Gasteiger partial charge in [-0.15, -0.1) is 0 Å². The summed E-state index contributed by atoms with van der Waals surface area (Å²) in [4.78, 5) is 14.7. The smallest absolute Gasteiger partial charge is 0.319 e. The maximum absolute atomic E-state index is 14.7. The lowest BCUT2D eigenvalue weighted by molar-refractivity contribution is 0.140. The zero-order valence-electron chi connectivity index (χ0n) is 15.1. The Morgan fingerprint density at radius 1 is 1.33 bits per heavy atom. The van der Waals surface area contributed by atoms with Gasteiger partial charge < -0.3 is 19.8 Å². The molecule has 3 heterocycles. The number of aromatic nitrogens is 3. The van der Waals surface area contributed by atoms with Gasteiger partial charge in [-0.05, 0) is 32.6 Å². The molecule has 9 heteroatoms. The fourth-order valence-electron chi connectivity index (χ4n) is 3.45. The van der Waals surface area contributed by atoms with E-state index in [1.165, 1.54) is 0 Å². The second kappa shape index (κ2) is 7.00. The van der Waals surface area contributed by atoms with E-state index in [-0.39, 0.29) is 35.3 Å². The number of aliphatic hydroxyl groups is 2. The van der Waals surface area contributed by atoms with Crippen LogP contribution in [0.25, 0.3) is 10.9 Å². The van der Waals surface area contributed by atoms with Crippen molar-refractivity contribution in [1.82, 2.24) is 15.0 Å². The van der Waals surface area contributed by atoms with Gasteiger partial charge in [0.25, 0.3) is 0 Å². The van der Waals surface area contributed by atoms with E-state index in [1.807, 2.05) is 4.90 Å². The van der Waals surface area contributed by atoms with E-state index in [2.05, 4.69) is 15.0 Å². The summed E-state index contributed by atoms with van der Waals surface area (Å²) in [5, 5.41) is 19.7. The molecule has 4 rings (SSSR count). The lowest BCUT2D eigenvalue weighted by Crippen LogP contribution is -2.39. The predicted molar refractivity (Wildman–Crippen MR) is 98.7 cm³/mol. The Morgan fingerprint density at radius 2 is 2.11 bits per heavy atom. The van der Waals surface area contributed by atoms with Crippen molar-refractivity contribution in [1.29, 1.82) is 0 Å². The molecule has 2 aromatic rings. The number of β-amino-alcohol motifs (C(OH)–C–C–N with tert-alkyl or cyclic N) is 1. The molecule has 0 amide bonds. The first-order valence-electron chi connectivity index (χ1n) is 9.12. The zero-order chi connectivity index (χ0) is 19.2. The monoisotopic (exact) mass is 396 g/mol. The van der Waals surface area contributed by atoms with Crippen molar-refractivity contribution in [2.45, 2.75) is 38.7 Å². The number of aliphatic hydroxyl groups excluding tert-OH is 2. The Kier molecular flexibility index (Phi) is 4.82. The molecule has 1 aliphatic heterocycles. The van der Waals surface area contributed by atoms with Crippen molar-refractivity contribution >= 4 is 28.3 Å². The lowest BCUT2D eigenvalue weighted by atomic mass is 10.1. The number of anilines is 1. The SMILES string of the molecule is Cc1nc(Cl)c(F)c2nc(OCC3(CO)CC3)nc(N3CCC[C@@H](O)C3)c12. The molecule has 1 aliphatic carbocycles. The summed E-state index contributed by atoms with van der Waals surface area (Å²) in [6.45, 7) is 3.13. The number of pyridine rings is 1. The highest BCUT2D eigenvalue weighted by molar-refractivity contribution is 6.30. The van der Waals surface area contributed by atoms with Gasteiger partial charge in [0.1, 0.15) is 11.3 Å². The maximum Gasteiger partial charge on any atom is 0.319 e. The molecule has 2 fully saturated rings. The van der Waals surface area contributed by atoms with Gasteiger partial charge in [0.15, 0.2) is 11.0 Å². The number of nitrogens with zero attached hydrogens (tertiary/aromatic N) is 4. The highest BCUT2D eigenvalue weighted by Gasteiger charge is 2.43.